The average Bonchev–Trinajstić information content (AvgIpc) is 3.02. The number of ether oxygens (including phenoxy) is 1. The third kappa shape index (κ3) is 4.67. The van der Waals surface area contributed by atoms with E-state index >= 15 is 0 Å². The van der Waals surface area contributed by atoms with E-state index in [1.54, 1.807) is 30.6 Å². The zero-order chi connectivity index (χ0) is 23.4. The van der Waals surface area contributed by atoms with Crippen molar-refractivity contribution >= 4 is 17.4 Å². The summed E-state index contributed by atoms with van der Waals surface area (Å²) in [7, 11) is 3.81. The Kier molecular flexibility index (Phi) is 7.30. The first-order valence-electron chi connectivity index (χ1n) is 10.9. The number of ketones is 1. The third-order valence-corrected chi connectivity index (χ3v) is 5.53. The molecule has 7 nitrogen and oxygen atoms in total. The normalized spacial score (nSPS) is 18.1. The maximum absolute atomic E-state index is 13.1. The second-order valence-electron chi connectivity index (χ2n) is 8.42. The Morgan fingerprint density at radius 1 is 1.25 bits per heavy atom. The van der Waals surface area contributed by atoms with E-state index in [0.29, 0.717) is 30.8 Å². The van der Waals surface area contributed by atoms with Gasteiger partial charge in [0.05, 0.1) is 18.2 Å². The van der Waals surface area contributed by atoms with Crippen LogP contribution in [0.2, 0.25) is 0 Å². The highest BCUT2D eigenvalue weighted by molar-refractivity contribution is 6.46. The van der Waals surface area contributed by atoms with E-state index in [9.17, 15) is 14.7 Å². The smallest absolute Gasteiger partial charge is 0.295 e. The summed E-state index contributed by atoms with van der Waals surface area (Å²) in [6, 6.07) is 8.23. The van der Waals surface area contributed by atoms with Crippen LogP contribution in [-0.4, -0.2) is 65.4 Å². The fourth-order valence-electron chi connectivity index (χ4n) is 3.89. The van der Waals surface area contributed by atoms with Gasteiger partial charge in [-0.1, -0.05) is 19.9 Å². The number of Topliss-reactive ketones (excluding diaryl/α,β-unsaturated/α-hetero) is 1. The van der Waals surface area contributed by atoms with Crippen molar-refractivity contribution in [2.45, 2.75) is 32.7 Å². The van der Waals surface area contributed by atoms with Gasteiger partial charge < -0.3 is 19.6 Å². The molecule has 1 atom stereocenters. The van der Waals surface area contributed by atoms with Gasteiger partial charge >= 0.3 is 0 Å². The van der Waals surface area contributed by atoms with E-state index in [2.05, 4.69) is 4.98 Å². The molecular weight excluding hydrogens is 406 g/mol. The number of likely N-dealkylation sites (N-methyl/N-ethyl adjacent to an activating group) is 1. The van der Waals surface area contributed by atoms with Crippen LogP contribution in [0.4, 0.5) is 0 Å². The summed E-state index contributed by atoms with van der Waals surface area (Å²) in [6.45, 7) is 7.47. The Morgan fingerprint density at radius 2 is 2.00 bits per heavy atom. The Labute approximate surface area is 189 Å². The number of benzene rings is 1. The largest absolute Gasteiger partial charge is 0.507 e. The van der Waals surface area contributed by atoms with Crippen LogP contribution in [-0.2, 0) is 9.59 Å². The lowest BCUT2D eigenvalue weighted by molar-refractivity contribution is -0.140. The molecule has 2 aromatic rings. The van der Waals surface area contributed by atoms with E-state index in [1.165, 1.54) is 4.90 Å². The lowest BCUT2D eigenvalue weighted by atomic mass is 9.93. The van der Waals surface area contributed by atoms with Crippen LogP contribution in [0.15, 0.2) is 48.3 Å². The van der Waals surface area contributed by atoms with Crippen LogP contribution in [0.1, 0.15) is 49.4 Å². The van der Waals surface area contributed by atoms with Gasteiger partial charge in [0.15, 0.2) is 0 Å². The highest BCUT2D eigenvalue weighted by atomic mass is 16.5. The van der Waals surface area contributed by atoms with Crippen LogP contribution < -0.4 is 4.74 Å². The van der Waals surface area contributed by atoms with Crippen LogP contribution >= 0.6 is 0 Å². The minimum atomic E-state index is -0.697. The molecule has 1 unspecified atom stereocenters. The van der Waals surface area contributed by atoms with Gasteiger partial charge in [-0.3, -0.25) is 14.6 Å². The molecule has 0 aliphatic carbocycles. The average molecular weight is 438 g/mol. The lowest BCUT2D eigenvalue weighted by Crippen LogP contribution is -2.35. The summed E-state index contributed by atoms with van der Waals surface area (Å²) < 4.78 is 5.72. The molecule has 170 valence electrons. The zero-order valence-electron chi connectivity index (χ0n) is 19.3. The number of hydrogen-bond acceptors (Lipinski definition) is 6. The van der Waals surface area contributed by atoms with Crippen molar-refractivity contribution in [1.29, 1.82) is 0 Å². The molecule has 1 saturated heterocycles. The minimum Gasteiger partial charge on any atom is -0.507 e. The molecule has 0 saturated carbocycles. The van der Waals surface area contributed by atoms with E-state index in [-0.39, 0.29) is 17.3 Å². The fourth-order valence-corrected chi connectivity index (χ4v) is 3.89. The summed E-state index contributed by atoms with van der Waals surface area (Å²) >= 11 is 0. The molecule has 0 bridgehead atoms. The second-order valence-corrected chi connectivity index (χ2v) is 8.42. The first-order chi connectivity index (χ1) is 15.3. The third-order valence-electron chi connectivity index (χ3n) is 5.53. The van der Waals surface area contributed by atoms with E-state index in [0.717, 1.165) is 11.3 Å². The Hall–Kier alpha value is -3.19. The van der Waals surface area contributed by atoms with Crippen molar-refractivity contribution in [3.8, 4) is 5.75 Å². The first-order valence-corrected chi connectivity index (χ1v) is 10.9. The van der Waals surface area contributed by atoms with Gasteiger partial charge in [-0.25, -0.2) is 0 Å². The Balaban J connectivity index is 2.14. The molecule has 1 aromatic heterocycles. The van der Waals surface area contributed by atoms with Gasteiger partial charge in [-0.15, -0.1) is 0 Å². The number of carbonyl (C=O) groups is 2. The van der Waals surface area contributed by atoms with Crippen molar-refractivity contribution < 1.29 is 19.4 Å². The lowest BCUT2D eigenvalue weighted by Gasteiger charge is -2.26. The monoisotopic (exact) mass is 437 g/mol. The van der Waals surface area contributed by atoms with Gasteiger partial charge in [0.2, 0.25) is 0 Å². The van der Waals surface area contributed by atoms with Gasteiger partial charge in [0.1, 0.15) is 11.5 Å². The quantitative estimate of drug-likeness (QED) is 0.386. The Bertz CT molecular complexity index is 1020. The van der Waals surface area contributed by atoms with Gasteiger partial charge in [-0.2, -0.15) is 0 Å². The highest BCUT2D eigenvalue weighted by Gasteiger charge is 2.46. The predicted molar refractivity (Wildman–Crippen MR) is 124 cm³/mol. The summed E-state index contributed by atoms with van der Waals surface area (Å²) in [4.78, 5) is 33.6. The van der Waals surface area contributed by atoms with Crippen LogP contribution in [0.25, 0.3) is 5.76 Å². The van der Waals surface area contributed by atoms with E-state index < -0.39 is 17.7 Å². The number of rotatable bonds is 8. The number of pyridine rings is 1. The highest BCUT2D eigenvalue weighted by Crippen LogP contribution is 2.40. The van der Waals surface area contributed by atoms with Crippen LogP contribution in [0.3, 0.4) is 0 Å². The molecular formula is C25H31N3O4. The second kappa shape index (κ2) is 9.96. The molecule has 1 aliphatic rings. The maximum Gasteiger partial charge on any atom is 0.295 e. The predicted octanol–water partition coefficient (Wildman–Crippen LogP) is 3.59. The molecule has 32 heavy (non-hydrogen) atoms. The molecule has 0 radical (unpaired) electrons. The summed E-state index contributed by atoms with van der Waals surface area (Å²) in [5.41, 5.74) is 2.18. The van der Waals surface area contributed by atoms with Crippen LogP contribution in [0, 0.1) is 0 Å². The molecule has 2 heterocycles. The molecule has 7 heteroatoms. The number of amides is 1. The summed E-state index contributed by atoms with van der Waals surface area (Å²) in [5, 5.41) is 11.3. The molecule has 0 spiro atoms. The SMILES string of the molecule is CCOc1ccc(/C(O)=C2/C(=O)C(=O)N(CCN(C)C)C2c2cccnc2)cc1C(C)C. The van der Waals surface area contributed by atoms with Crippen molar-refractivity contribution in [1.82, 2.24) is 14.8 Å². The molecule has 1 amide bonds. The molecule has 1 N–H and O–H groups in total. The van der Waals surface area contributed by atoms with E-state index in [4.69, 9.17) is 4.74 Å². The maximum atomic E-state index is 13.1. The van der Waals surface area contributed by atoms with Crippen molar-refractivity contribution in [3.63, 3.8) is 0 Å². The summed E-state index contributed by atoms with van der Waals surface area (Å²) in [6.07, 6.45) is 3.26. The first kappa shape index (κ1) is 23.5. The number of aliphatic hydroxyl groups excluding tert-OH is 1. The number of nitrogens with zero attached hydrogens (tertiary/aromatic N) is 3. The van der Waals surface area contributed by atoms with Gasteiger partial charge in [0, 0.05) is 31.0 Å². The van der Waals surface area contributed by atoms with Gasteiger partial charge in [0.25, 0.3) is 11.7 Å². The zero-order valence-corrected chi connectivity index (χ0v) is 19.3. The fraction of sp³-hybridized carbons (Fsp3) is 0.400. The molecule has 1 aliphatic heterocycles. The number of carbonyl (C=O) groups excluding carboxylic acids is 2. The number of aromatic nitrogens is 1. The Morgan fingerprint density at radius 3 is 2.59 bits per heavy atom. The number of likely N-dealkylation sites (tertiary alicyclic amines) is 1. The van der Waals surface area contributed by atoms with Crippen LogP contribution in [0.5, 0.6) is 5.75 Å². The topological polar surface area (TPSA) is 83.0 Å². The van der Waals surface area contributed by atoms with Crippen molar-refractivity contribution in [2.24, 2.45) is 0 Å². The number of hydrogen-bond donors (Lipinski definition) is 1. The van der Waals surface area contributed by atoms with E-state index in [1.807, 2.05) is 51.9 Å². The molecule has 1 fully saturated rings. The number of aliphatic hydroxyl groups is 1. The standard InChI is InChI=1S/C25H31N3O4/c1-6-32-20-10-9-17(14-19(20)16(2)3)23(29)21-22(18-8-7-11-26-15-18)28(13-12-27(4)5)25(31)24(21)30/h7-11,14-16,22,29H,6,12-13H2,1-5H3/b23-21-. The molecule has 3 rings (SSSR count). The summed E-state index contributed by atoms with van der Waals surface area (Å²) in [5.74, 6) is -0.586. The van der Waals surface area contributed by atoms with Crippen molar-refractivity contribution in [3.05, 3.63) is 65.0 Å². The molecule has 1 aromatic carbocycles. The van der Waals surface area contributed by atoms with Gasteiger partial charge in [-0.05, 0) is 62.3 Å². The van der Waals surface area contributed by atoms with Crippen molar-refractivity contribution in [2.75, 3.05) is 33.8 Å². The minimum absolute atomic E-state index is 0.0839.